The van der Waals surface area contributed by atoms with E-state index in [2.05, 4.69) is 46.4 Å². The van der Waals surface area contributed by atoms with Gasteiger partial charge in [0.1, 0.15) is 0 Å². The number of ether oxygens (including phenoxy) is 1. The maximum Gasteiger partial charge on any atom is 0.0610 e. The zero-order chi connectivity index (χ0) is 10.8. The molecule has 0 saturated heterocycles. The molecule has 0 unspecified atom stereocenters. The van der Waals surface area contributed by atoms with Gasteiger partial charge in [0.15, 0.2) is 0 Å². The summed E-state index contributed by atoms with van der Waals surface area (Å²) in [6.45, 7) is 2.10. The van der Waals surface area contributed by atoms with Crippen molar-refractivity contribution < 1.29 is 4.74 Å². The lowest BCUT2D eigenvalue weighted by Crippen LogP contribution is -2.40. The molecule has 0 aliphatic heterocycles. The summed E-state index contributed by atoms with van der Waals surface area (Å²) < 4.78 is 6.39. The summed E-state index contributed by atoms with van der Waals surface area (Å²) in [6, 6.07) is 6.95. The van der Waals surface area contributed by atoms with Gasteiger partial charge in [-0.05, 0) is 53.4 Å². The first-order valence-corrected chi connectivity index (χ1v) is 6.04. The molecule has 0 bridgehead atoms. The van der Waals surface area contributed by atoms with Gasteiger partial charge in [-0.25, -0.2) is 0 Å². The van der Waals surface area contributed by atoms with Crippen molar-refractivity contribution >= 4 is 21.6 Å². The highest BCUT2D eigenvalue weighted by atomic mass is 79.9. The largest absolute Gasteiger partial charge is 0.381 e. The molecule has 1 fully saturated rings. The van der Waals surface area contributed by atoms with Gasteiger partial charge in [0, 0.05) is 23.3 Å². The Kier molecular flexibility index (Phi) is 3.32. The monoisotopic (exact) mass is 269 g/mol. The standard InChI is InChI=1S/C12H16BrNO/c1-8-3-4-12(11(13)5-8)14-9-6-10(7-9)15-2/h3-5,9-10,14H,6-7H2,1-2H3. The Morgan fingerprint density at radius 1 is 1.40 bits per heavy atom. The normalized spacial score (nSPS) is 24.7. The molecular weight excluding hydrogens is 254 g/mol. The predicted octanol–water partition coefficient (Wildman–Crippen LogP) is 3.35. The van der Waals surface area contributed by atoms with Crippen molar-refractivity contribution in [3.05, 3.63) is 28.2 Å². The molecule has 1 aromatic carbocycles. The zero-order valence-corrected chi connectivity index (χ0v) is 10.7. The summed E-state index contributed by atoms with van der Waals surface area (Å²) in [6.07, 6.45) is 2.67. The van der Waals surface area contributed by atoms with Crippen LogP contribution in [0.15, 0.2) is 22.7 Å². The first kappa shape index (κ1) is 11.0. The SMILES string of the molecule is COC1CC(Nc2ccc(C)cc2Br)C1. The number of rotatable bonds is 3. The Labute approximate surface area is 99.1 Å². The highest BCUT2D eigenvalue weighted by Crippen LogP contribution is 2.30. The Bertz CT molecular complexity index is 347. The van der Waals surface area contributed by atoms with E-state index in [9.17, 15) is 0 Å². The first-order chi connectivity index (χ1) is 7.19. The van der Waals surface area contributed by atoms with Crippen LogP contribution in [0.1, 0.15) is 18.4 Å². The van der Waals surface area contributed by atoms with Crippen LogP contribution in [0.4, 0.5) is 5.69 Å². The van der Waals surface area contributed by atoms with E-state index in [0.717, 1.165) is 17.3 Å². The molecular formula is C12H16BrNO. The molecule has 0 radical (unpaired) electrons. The topological polar surface area (TPSA) is 21.3 Å². The highest BCUT2D eigenvalue weighted by molar-refractivity contribution is 9.10. The molecule has 0 heterocycles. The number of halogens is 1. The number of benzene rings is 1. The average Bonchev–Trinajstić information content (AvgIpc) is 2.13. The average molecular weight is 270 g/mol. The Morgan fingerprint density at radius 3 is 2.73 bits per heavy atom. The van der Waals surface area contributed by atoms with Crippen molar-refractivity contribution in [2.24, 2.45) is 0 Å². The van der Waals surface area contributed by atoms with Gasteiger partial charge in [0.25, 0.3) is 0 Å². The molecule has 1 aliphatic rings. The molecule has 0 aromatic heterocycles. The minimum absolute atomic E-state index is 0.451. The van der Waals surface area contributed by atoms with Gasteiger partial charge in [-0.1, -0.05) is 6.07 Å². The second-order valence-electron chi connectivity index (χ2n) is 4.15. The van der Waals surface area contributed by atoms with E-state index in [1.807, 2.05) is 0 Å². The van der Waals surface area contributed by atoms with Gasteiger partial charge in [0.05, 0.1) is 6.10 Å². The fourth-order valence-corrected chi connectivity index (χ4v) is 2.44. The summed E-state index contributed by atoms with van der Waals surface area (Å²) in [7, 11) is 1.78. The minimum Gasteiger partial charge on any atom is -0.381 e. The Hall–Kier alpha value is -0.540. The van der Waals surface area contributed by atoms with Crippen LogP contribution in [0, 0.1) is 6.92 Å². The van der Waals surface area contributed by atoms with Crippen LogP contribution in [0.3, 0.4) is 0 Å². The van der Waals surface area contributed by atoms with E-state index in [1.165, 1.54) is 11.3 Å². The van der Waals surface area contributed by atoms with Crippen LogP contribution >= 0.6 is 15.9 Å². The lowest BCUT2D eigenvalue weighted by molar-refractivity contribution is 0.0328. The Balaban J connectivity index is 1.94. The van der Waals surface area contributed by atoms with Gasteiger partial charge >= 0.3 is 0 Å². The van der Waals surface area contributed by atoms with Crippen LogP contribution in [0.2, 0.25) is 0 Å². The summed E-state index contributed by atoms with van der Waals surface area (Å²) in [4.78, 5) is 0. The van der Waals surface area contributed by atoms with Crippen molar-refractivity contribution in [3.8, 4) is 0 Å². The van der Waals surface area contributed by atoms with Crippen LogP contribution in [-0.2, 0) is 4.74 Å². The van der Waals surface area contributed by atoms with Gasteiger partial charge in [-0.15, -0.1) is 0 Å². The van der Waals surface area contributed by atoms with Crippen LogP contribution in [0.25, 0.3) is 0 Å². The van der Waals surface area contributed by atoms with Crippen LogP contribution in [-0.4, -0.2) is 19.3 Å². The number of methoxy groups -OCH3 is 1. The second-order valence-corrected chi connectivity index (χ2v) is 5.01. The minimum atomic E-state index is 0.451. The molecule has 2 nitrogen and oxygen atoms in total. The number of aryl methyl sites for hydroxylation is 1. The number of hydrogen-bond donors (Lipinski definition) is 1. The molecule has 1 saturated carbocycles. The fraction of sp³-hybridized carbons (Fsp3) is 0.500. The number of nitrogens with one attached hydrogen (secondary N) is 1. The van der Waals surface area contributed by atoms with Crippen LogP contribution < -0.4 is 5.32 Å². The van der Waals surface area contributed by atoms with Crippen molar-refractivity contribution in [2.75, 3.05) is 12.4 Å². The molecule has 2 rings (SSSR count). The quantitative estimate of drug-likeness (QED) is 0.909. The molecule has 0 spiro atoms. The molecule has 1 aromatic rings. The van der Waals surface area contributed by atoms with E-state index < -0.39 is 0 Å². The smallest absolute Gasteiger partial charge is 0.0610 e. The highest BCUT2D eigenvalue weighted by Gasteiger charge is 2.28. The van der Waals surface area contributed by atoms with Crippen molar-refractivity contribution in [1.29, 1.82) is 0 Å². The summed E-state index contributed by atoms with van der Waals surface area (Å²) in [5.74, 6) is 0. The first-order valence-electron chi connectivity index (χ1n) is 5.24. The maximum absolute atomic E-state index is 5.25. The zero-order valence-electron chi connectivity index (χ0n) is 9.09. The summed E-state index contributed by atoms with van der Waals surface area (Å²) >= 11 is 3.57. The molecule has 15 heavy (non-hydrogen) atoms. The third-order valence-electron chi connectivity index (χ3n) is 2.91. The van der Waals surface area contributed by atoms with E-state index in [0.29, 0.717) is 12.1 Å². The van der Waals surface area contributed by atoms with Gasteiger partial charge in [0.2, 0.25) is 0 Å². The van der Waals surface area contributed by atoms with Gasteiger partial charge < -0.3 is 10.1 Å². The van der Waals surface area contributed by atoms with E-state index in [1.54, 1.807) is 7.11 Å². The van der Waals surface area contributed by atoms with Crippen molar-refractivity contribution in [2.45, 2.75) is 31.9 Å². The van der Waals surface area contributed by atoms with E-state index in [4.69, 9.17) is 4.74 Å². The lowest BCUT2D eigenvalue weighted by atomic mass is 9.89. The van der Waals surface area contributed by atoms with E-state index in [-0.39, 0.29) is 0 Å². The molecule has 0 atom stereocenters. The molecule has 82 valence electrons. The third kappa shape index (κ3) is 2.52. The predicted molar refractivity (Wildman–Crippen MR) is 66.3 cm³/mol. The number of hydrogen-bond acceptors (Lipinski definition) is 2. The molecule has 3 heteroatoms. The Morgan fingerprint density at radius 2 is 2.13 bits per heavy atom. The number of anilines is 1. The maximum atomic E-state index is 5.25. The van der Waals surface area contributed by atoms with Crippen LogP contribution in [0.5, 0.6) is 0 Å². The van der Waals surface area contributed by atoms with Gasteiger partial charge in [-0.3, -0.25) is 0 Å². The summed E-state index contributed by atoms with van der Waals surface area (Å²) in [5.41, 5.74) is 2.45. The third-order valence-corrected chi connectivity index (χ3v) is 3.57. The molecule has 1 N–H and O–H groups in total. The summed E-state index contributed by atoms with van der Waals surface area (Å²) in [5, 5.41) is 3.51. The fourth-order valence-electron chi connectivity index (χ4n) is 1.83. The lowest BCUT2D eigenvalue weighted by Gasteiger charge is -2.35. The molecule has 1 aliphatic carbocycles. The van der Waals surface area contributed by atoms with Crippen molar-refractivity contribution in [1.82, 2.24) is 0 Å². The second kappa shape index (κ2) is 4.54. The van der Waals surface area contributed by atoms with Gasteiger partial charge in [-0.2, -0.15) is 0 Å². The molecule has 0 amide bonds. The van der Waals surface area contributed by atoms with Crippen molar-refractivity contribution in [3.63, 3.8) is 0 Å². The van der Waals surface area contributed by atoms with E-state index >= 15 is 0 Å².